The van der Waals surface area contributed by atoms with Gasteiger partial charge in [-0.25, -0.2) is 10.3 Å². The minimum atomic E-state index is -1.20. The van der Waals surface area contributed by atoms with Crippen LogP contribution in [0.15, 0.2) is 27.8 Å². The molecule has 1 aromatic carbocycles. The molecule has 0 radical (unpaired) electrons. The van der Waals surface area contributed by atoms with Crippen LogP contribution in [0, 0.1) is 3.57 Å². The molecule has 1 atom stereocenters. The summed E-state index contributed by atoms with van der Waals surface area (Å²) in [5.74, 6) is -1.02. The lowest BCUT2D eigenvalue weighted by atomic mass is 10.2. The zero-order valence-corrected chi connectivity index (χ0v) is 17.8. The largest absolute Gasteiger partial charge is 0.394 e. The summed E-state index contributed by atoms with van der Waals surface area (Å²) in [7, 11) is 2.62. The van der Waals surface area contributed by atoms with E-state index in [0.29, 0.717) is 10.7 Å². The number of carbonyl (C=O) groups excluding carboxylic acids is 1. The third kappa shape index (κ3) is 4.91. The van der Waals surface area contributed by atoms with E-state index in [-0.39, 0.29) is 12.4 Å². The number of halogens is 2. The van der Waals surface area contributed by atoms with Gasteiger partial charge in [0, 0.05) is 17.7 Å². The SMILES string of the molecule is Cn1c(Nc2ccc(I)cc2Cl)c(C(=O)NOC[C@@H](O)CO)c(=O)n(C)c1=O. The van der Waals surface area contributed by atoms with Gasteiger partial charge in [0.25, 0.3) is 11.5 Å². The molecule has 1 amide bonds. The molecule has 0 fully saturated rings. The summed E-state index contributed by atoms with van der Waals surface area (Å²) < 4.78 is 2.74. The molecule has 0 aliphatic heterocycles. The van der Waals surface area contributed by atoms with Crippen molar-refractivity contribution in [3.8, 4) is 0 Å². The zero-order valence-electron chi connectivity index (χ0n) is 14.9. The predicted octanol–water partition coefficient (Wildman–Crippen LogP) is 0.100. The molecule has 0 saturated carbocycles. The van der Waals surface area contributed by atoms with Crippen LogP contribution in [-0.4, -0.2) is 44.6 Å². The van der Waals surface area contributed by atoms with E-state index in [0.717, 1.165) is 12.7 Å². The monoisotopic (exact) mass is 524 g/mol. The molecular weight excluding hydrogens is 507 g/mol. The second kappa shape index (κ2) is 9.52. The molecule has 2 rings (SSSR count). The molecule has 2 aromatic rings. The third-order valence-corrected chi connectivity index (χ3v) is 4.71. The molecular formula is C16H18ClIN4O6. The van der Waals surface area contributed by atoms with Crippen molar-refractivity contribution in [1.29, 1.82) is 0 Å². The van der Waals surface area contributed by atoms with Gasteiger partial charge < -0.3 is 15.5 Å². The van der Waals surface area contributed by atoms with Crippen LogP contribution in [0.4, 0.5) is 11.5 Å². The Morgan fingerprint density at radius 2 is 2.00 bits per heavy atom. The second-order valence-corrected chi connectivity index (χ2v) is 7.41. The Kier molecular flexibility index (Phi) is 7.60. The van der Waals surface area contributed by atoms with Crippen LogP contribution in [0.2, 0.25) is 5.02 Å². The number of hydroxylamine groups is 1. The summed E-state index contributed by atoms with van der Waals surface area (Å²) in [6.45, 7) is -0.949. The van der Waals surface area contributed by atoms with Gasteiger partial charge in [0.05, 0.1) is 17.3 Å². The Labute approximate surface area is 177 Å². The highest BCUT2D eigenvalue weighted by molar-refractivity contribution is 14.1. The molecule has 0 saturated heterocycles. The number of rotatable bonds is 7. The normalized spacial score (nSPS) is 11.9. The van der Waals surface area contributed by atoms with Crippen LogP contribution in [0.5, 0.6) is 0 Å². The van der Waals surface area contributed by atoms with Gasteiger partial charge in [-0.05, 0) is 40.8 Å². The number of anilines is 2. The lowest BCUT2D eigenvalue weighted by Crippen LogP contribution is -2.43. The first-order valence-corrected chi connectivity index (χ1v) is 9.36. The third-order valence-electron chi connectivity index (χ3n) is 3.73. The van der Waals surface area contributed by atoms with Crippen molar-refractivity contribution in [2.75, 3.05) is 18.5 Å². The maximum Gasteiger partial charge on any atom is 0.332 e. The summed E-state index contributed by atoms with van der Waals surface area (Å²) in [6.07, 6.45) is -1.20. The van der Waals surface area contributed by atoms with Crippen molar-refractivity contribution in [3.63, 3.8) is 0 Å². The molecule has 0 aliphatic rings. The standard InChI is InChI=1S/C16H18ClIN4O6/c1-21-13(19-11-4-3-8(18)5-10(11)17)12(15(26)22(2)16(21)27)14(25)20-28-7-9(24)6-23/h3-5,9,19,23-24H,6-7H2,1-2H3,(H,20,25)/t9-/m0/s1. The van der Waals surface area contributed by atoms with Crippen LogP contribution in [-0.2, 0) is 18.9 Å². The van der Waals surface area contributed by atoms with Crippen molar-refractivity contribution >= 4 is 51.6 Å². The topological polar surface area (TPSA) is 135 Å². The van der Waals surface area contributed by atoms with Gasteiger partial charge in [0.15, 0.2) is 0 Å². The highest BCUT2D eigenvalue weighted by Gasteiger charge is 2.23. The van der Waals surface area contributed by atoms with Crippen molar-refractivity contribution in [2.24, 2.45) is 14.1 Å². The van der Waals surface area contributed by atoms with Crippen LogP contribution in [0.1, 0.15) is 10.4 Å². The number of hydrogen-bond donors (Lipinski definition) is 4. The van der Waals surface area contributed by atoms with Gasteiger partial charge in [0.2, 0.25) is 0 Å². The second-order valence-electron chi connectivity index (χ2n) is 5.76. The fraction of sp³-hybridized carbons (Fsp3) is 0.312. The average Bonchev–Trinajstić information content (AvgIpc) is 2.66. The Balaban J connectivity index is 2.47. The lowest BCUT2D eigenvalue weighted by molar-refractivity contribution is -0.0295. The number of aliphatic hydroxyl groups excluding tert-OH is 2. The van der Waals surface area contributed by atoms with Crippen LogP contribution < -0.4 is 22.0 Å². The maximum atomic E-state index is 12.6. The summed E-state index contributed by atoms with van der Waals surface area (Å²) in [5, 5.41) is 21.2. The van der Waals surface area contributed by atoms with E-state index in [9.17, 15) is 19.5 Å². The number of amides is 1. The van der Waals surface area contributed by atoms with Crippen LogP contribution in [0.3, 0.4) is 0 Å². The molecule has 0 bridgehead atoms. The molecule has 4 N–H and O–H groups in total. The highest BCUT2D eigenvalue weighted by Crippen LogP contribution is 2.27. The molecule has 0 spiro atoms. The van der Waals surface area contributed by atoms with Gasteiger partial charge in [-0.3, -0.25) is 23.6 Å². The van der Waals surface area contributed by atoms with E-state index in [2.05, 4.69) is 27.9 Å². The Bertz CT molecular complexity index is 1010. The van der Waals surface area contributed by atoms with Gasteiger partial charge >= 0.3 is 5.69 Å². The lowest BCUT2D eigenvalue weighted by Gasteiger charge is -2.17. The first-order chi connectivity index (χ1) is 13.2. The van der Waals surface area contributed by atoms with Crippen molar-refractivity contribution < 1.29 is 19.8 Å². The van der Waals surface area contributed by atoms with Gasteiger partial charge in [-0.2, -0.15) is 0 Å². The number of hydrogen-bond acceptors (Lipinski definition) is 7. The molecule has 1 heterocycles. The van der Waals surface area contributed by atoms with Gasteiger partial charge in [-0.15, -0.1) is 0 Å². The fourth-order valence-electron chi connectivity index (χ4n) is 2.22. The van der Waals surface area contributed by atoms with Gasteiger partial charge in [0.1, 0.15) is 24.1 Å². The number of aliphatic hydroxyl groups is 2. The molecule has 0 aliphatic carbocycles. The first kappa shape index (κ1) is 22.4. The molecule has 1 aromatic heterocycles. The molecule has 0 unspecified atom stereocenters. The zero-order chi connectivity index (χ0) is 21.0. The number of aromatic nitrogens is 2. The summed E-state index contributed by atoms with van der Waals surface area (Å²) in [6, 6.07) is 5.07. The van der Waals surface area contributed by atoms with Crippen molar-refractivity contribution in [1.82, 2.24) is 14.6 Å². The Morgan fingerprint density at radius 3 is 2.61 bits per heavy atom. The highest BCUT2D eigenvalue weighted by atomic mass is 127. The fourth-order valence-corrected chi connectivity index (χ4v) is 3.12. The van der Waals surface area contributed by atoms with E-state index in [4.69, 9.17) is 21.5 Å². The molecule has 28 heavy (non-hydrogen) atoms. The first-order valence-electron chi connectivity index (χ1n) is 7.90. The number of benzene rings is 1. The Hall–Kier alpha value is -1.93. The van der Waals surface area contributed by atoms with E-state index in [1.807, 2.05) is 5.48 Å². The minimum Gasteiger partial charge on any atom is -0.394 e. The molecule has 152 valence electrons. The Morgan fingerprint density at radius 1 is 1.32 bits per heavy atom. The van der Waals surface area contributed by atoms with Crippen LogP contribution in [0.25, 0.3) is 0 Å². The van der Waals surface area contributed by atoms with E-state index in [1.54, 1.807) is 18.2 Å². The minimum absolute atomic E-state index is 0.0833. The number of carbonyl (C=O) groups is 1. The van der Waals surface area contributed by atoms with E-state index < -0.39 is 35.4 Å². The summed E-state index contributed by atoms with van der Waals surface area (Å²) in [4.78, 5) is 42.2. The summed E-state index contributed by atoms with van der Waals surface area (Å²) >= 11 is 8.27. The maximum absolute atomic E-state index is 12.6. The molecule has 12 heteroatoms. The van der Waals surface area contributed by atoms with Crippen molar-refractivity contribution in [2.45, 2.75) is 6.10 Å². The van der Waals surface area contributed by atoms with Gasteiger partial charge in [-0.1, -0.05) is 11.6 Å². The number of nitrogens with one attached hydrogen (secondary N) is 2. The quantitative estimate of drug-likeness (QED) is 0.298. The summed E-state index contributed by atoms with van der Waals surface area (Å²) in [5.41, 5.74) is 0.509. The average molecular weight is 525 g/mol. The van der Waals surface area contributed by atoms with E-state index in [1.165, 1.54) is 14.1 Å². The predicted molar refractivity (Wildman–Crippen MR) is 111 cm³/mol. The molecule has 10 nitrogen and oxygen atoms in total. The number of nitrogens with zero attached hydrogens (tertiary/aromatic N) is 2. The smallest absolute Gasteiger partial charge is 0.332 e. The van der Waals surface area contributed by atoms with E-state index >= 15 is 0 Å². The van der Waals surface area contributed by atoms with Crippen molar-refractivity contribution in [3.05, 3.63) is 53.2 Å². The van der Waals surface area contributed by atoms with Crippen LogP contribution >= 0.6 is 34.2 Å².